The lowest BCUT2D eigenvalue weighted by Gasteiger charge is -2.27. The fourth-order valence-corrected chi connectivity index (χ4v) is 4.37. The van der Waals surface area contributed by atoms with Crippen molar-refractivity contribution in [2.75, 3.05) is 20.3 Å². The predicted octanol–water partition coefficient (Wildman–Crippen LogP) is 4.40. The normalized spacial score (nSPS) is 14.5. The number of aryl methyl sites for hydroxylation is 1. The van der Waals surface area contributed by atoms with Crippen LogP contribution in [0.1, 0.15) is 31.4 Å². The van der Waals surface area contributed by atoms with Crippen LogP contribution in [0.15, 0.2) is 71.4 Å². The topological polar surface area (TPSA) is 115 Å². The lowest BCUT2D eigenvalue weighted by Crippen LogP contribution is -2.43. The summed E-state index contributed by atoms with van der Waals surface area (Å²) in [5, 5.41) is 14.6. The number of carbonyl (C=O) groups excluding carboxylic acids is 3. The summed E-state index contributed by atoms with van der Waals surface area (Å²) in [4.78, 5) is 38.6. The number of esters is 1. The van der Waals surface area contributed by atoms with Crippen LogP contribution in [0.5, 0.6) is 5.75 Å². The summed E-state index contributed by atoms with van der Waals surface area (Å²) in [5.74, 6) is -0.922. The van der Waals surface area contributed by atoms with Gasteiger partial charge in [-0.3, -0.25) is 19.3 Å². The highest BCUT2D eigenvalue weighted by Gasteiger charge is 2.35. The first kappa shape index (κ1) is 27.1. The summed E-state index contributed by atoms with van der Waals surface area (Å²) in [6.07, 6.45) is 3.74. The number of benzene rings is 2. The molecule has 3 aromatic rings. The average molecular weight is 525 g/mol. The van der Waals surface area contributed by atoms with Gasteiger partial charge in [-0.2, -0.15) is 10.4 Å². The second kappa shape index (κ2) is 11.6. The van der Waals surface area contributed by atoms with Gasteiger partial charge in [0.15, 0.2) is 0 Å². The molecule has 0 fully saturated rings. The number of rotatable bonds is 8. The lowest BCUT2D eigenvalue weighted by atomic mass is 9.92. The van der Waals surface area contributed by atoms with Crippen molar-refractivity contribution in [3.05, 3.63) is 82.6 Å². The smallest absolute Gasteiger partial charge is 0.302 e. The van der Waals surface area contributed by atoms with E-state index in [1.165, 1.54) is 6.92 Å². The Bertz CT molecular complexity index is 1540. The highest BCUT2D eigenvalue weighted by Crippen LogP contribution is 2.33. The summed E-state index contributed by atoms with van der Waals surface area (Å²) in [5.41, 5.74) is 4.28. The number of nitriles is 1. The summed E-state index contributed by atoms with van der Waals surface area (Å²) in [6.45, 7) is 4.89. The maximum absolute atomic E-state index is 13.6. The van der Waals surface area contributed by atoms with E-state index in [-0.39, 0.29) is 30.7 Å². The van der Waals surface area contributed by atoms with Crippen LogP contribution in [-0.4, -0.2) is 52.7 Å². The molecule has 1 aromatic heterocycles. The molecule has 1 aliphatic heterocycles. The molecule has 0 aliphatic carbocycles. The molecule has 1 aliphatic rings. The SMILES string of the molecule is COc1ccc(-c2nn(-c3ccccc3)cc2/C=C2/C(=O)N(CCCOC(C)=O)C(=O)C(C#N)=C2C)c(C)c1. The number of imide groups is 1. The summed E-state index contributed by atoms with van der Waals surface area (Å²) in [7, 11) is 1.60. The zero-order valence-electron chi connectivity index (χ0n) is 22.2. The third-order valence-corrected chi connectivity index (χ3v) is 6.41. The molecule has 0 N–H and O–H groups in total. The van der Waals surface area contributed by atoms with E-state index >= 15 is 0 Å². The van der Waals surface area contributed by atoms with Crippen LogP contribution in [0, 0.1) is 18.3 Å². The van der Waals surface area contributed by atoms with Gasteiger partial charge in [0.05, 0.1) is 19.4 Å². The van der Waals surface area contributed by atoms with E-state index in [4.69, 9.17) is 14.6 Å². The standard InChI is InChI=1S/C30H28N4O5/c1-19-15-24(38-4)11-12-25(19)28-22(18-34(32-28)23-9-6-5-7-10-23)16-26-20(2)27(17-31)30(37)33(29(26)36)13-8-14-39-21(3)35/h5-7,9-12,15-16,18H,8,13-14H2,1-4H3/b26-16+. The van der Waals surface area contributed by atoms with Crippen molar-refractivity contribution in [2.45, 2.75) is 27.2 Å². The number of aromatic nitrogens is 2. The molecular weight excluding hydrogens is 496 g/mol. The van der Waals surface area contributed by atoms with Crippen molar-refractivity contribution in [1.29, 1.82) is 5.26 Å². The van der Waals surface area contributed by atoms with Crippen LogP contribution in [0.25, 0.3) is 23.0 Å². The van der Waals surface area contributed by atoms with Crippen molar-refractivity contribution in [2.24, 2.45) is 0 Å². The second-order valence-electron chi connectivity index (χ2n) is 9.02. The van der Waals surface area contributed by atoms with Crippen LogP contribution in [0.2, 0.25) is 0 Å². The number of para-hydroxylation sites is 1. The van der Waals surface area contributed by atoms with E-state index in [0.717, 1.165) is 21.7 Å². The molecule has 4 rings (SSSR count). The predicted molar refractivity (Wildman–Crippen MR) is 145 cm³/mol. The van der Waals surface area contributed by atoms with E-state index in [1.54, 1.807) is 24.8 Å². The molecule has 2 amide bonds. The molecule has 39 heavy (non-hydrogen) atoms. The van der Waals surface area contributed by atoms with Gasteiger partial charge in [0.2, 0.25) is 0 Å². The van der Waals surface area contributed by atoms with E-state index in [9.17, 15) is 19.6 Å². The van der Waals surface area contributed by atoms with Gasteiger partial charge < -0.3 is 9.47 Å². The zero-order valence-corrected chi connectivity index (χ0v) is 22.2. The quantitative estimate of drug-likeness (QED) is 0.186. The Kier molecular flexibility index (Phi) is 8.06. The van der Waals surface area contributed by atoms with Gasteiger partial charge in [0, 0.05) is 36.4 Å². The molecule has 0 saturated carbocycles. The molecule has 2 heterocycles. The molecule has 0 saturated heterocycles. The third-order valence-electron chi connectivity index (χ3n) is 6.41. The third kappa shape index (κ3) is 5.65. The van der Waals surface area contributed by atoms with Gasteiger partial charge >= 0.3 is 5.97 Å². The maximum atomic E-state index is 13.6. The Morgan fingerprint density at radius 3 is 2.49 bits per heavy atom. The van der Waals surface area contributed by atoms with Crippen LogP contribution in [0.3, 0.4) is 0 Å². The van der Waals surface area contributed by atoms with E-state index in [2.05, 4.69) is 0 Å². The van der Waals surface area contributed by atoms with Crippen LogP contribution >= 0.6 is 0 Å². The summed E-state index contributed by atoms with van der Waals surface area (Å²) < 4.78 is 12.0. The lowest BCUT2D eigenvalue weighted by molar-refractivity contribution is -0.141. The van der Waals surface area contributed by atoms with Gasteiger partial charge in [-0.1, -0.05) is 18.2 Å². The molecule has 0 unspecified atom stereocenters. The van der Waals surface area contributed by atoms with Crippen molar-refractivity contribution in [3.63, 3.8) is 0 Å². The van der Waals surface area contributed by atoms with Gasteiger partial charge in [-0.15, -0.1) is 0 Å². The minimum atomic E-state index is -0.661. The van der Waals surface area contributed by atoms with Gasteiger partial charge in [-0.05, 0) is 67.8 Å². The molecule has 0 bridgehead atoms. The van der Waals surface area contributed by atoms with E-state index in [0.29, 0.717) is 22.6 Å². The molecule has 2 aromatic carbocycles. The van der Waals surface area contributed by atoms with Gasteiger partial charge in [-0.25, -0.2) is 4.68 Å². The molecule has 0 atom stereocenters. The summed E-state index contributed by atoms with van der Waals surface area (Å²) >= 11 is 0. The van der Waals surface area contributed by atoms with Crippen LogP contribution in [0.4, 0.5) is 0 Å². The fraction of sp³-hybridized carbons (Fsp3) is 0.233. The molecule has 0 spiro atoms. The highest BCUT2D eigenvalue weighted by molar-refractivity contribution is 6.19. The maximum Gasteiger partial charge on any atom is 0.302 e. The number of methoxy groups -OCH3 is 1. The van der Waals surface area contributed by atoms with Crippen molar-refractivity contribution in [1.82, 2.24) is 14.7 Å². The Morgan fingerprint density at radius 2 is 1.85 bits per heavy atom. The largest absolute Gasteiger partial charge is 0.497 e. The molecule has 0 radical (unpaired) electrons. The Balaban J connectivity index is 1.83. The molecule has 9 nitrogen and oxygen atoms in total. The van der Waals surface area contributed by atoms with Crippen molar-refractivity contribution < 1.29 is 23.9 Å². The Hall–Kier alpha value is -4.97. The average Bonchev–Trinajstić information content (AvgIpc) is 3.34. The first-order valence-corrected chi connectivity index (χ1v) is 12.4. The Labute approximate surface area is 226 Å². The first-order chi connectivity index (χ1) is 18.7. The van der Waals surface area contributed by atoms with Gasteiger partial charge in [0.25, 0.3) is 11.8 Å². The minimum absolute atomic E-state index is 0.00840. The monoisotopic (exact) mass is 524 g/mol. The van der Waals surface area contributed by atoms with Crippen LogP contribution in [-0.2, 0) is 19.1 Å². The minimum Gasteiger partial charge on any atom is -0.497 e. The number of carbonyl (C=O) groups is 3. The first-order valence-electron chi connectivity index (χ1n) is 12.4. The van der Waals surface area contributed by atoms with Crippen LogP contribution < -0.4 is 4.74 Å². The van der Waals surface area contributed by atoms with E-state index < -0.39 is 17.8 Å². The number of hydrogen-bond donors (Lipinski definition) is 0. The van der Waals surface area contributed by atoms with Gasteiger partial charge in [0.1, 0.15) is 23.1 Å². The summed E-state index contributed by atoms with van der Waals surface area (Å²) in [6, 6.07) is 17.2. The van der Waals surface area contributed by atoms with Crippen molar-refractivity contribution >= 4 is 23.9 Å². The fourth-order valence-electron chi connectivity index (χ4n) is 4.37. The molecule has 198 valence electrons. The number of nitrogens with zero attached hydrogens (tertiary/aromatic N) is 4. The zero-order chi connectivity index (χ0) is 28.1. The number of hydrogen-bond acceptors (Lipinski definition) is 7. The van der Waals surface area contributed by atoms with E-state index in [1.807, 2.05) is 67.7 Å². The second-order valence-corrected chi connectivity index (χ2v) is 9.02. The number of amides is 2. The molecular formula is C30H28N4O5. The highest BCUT2D eigenvalue weighted by atomic mass is 16.5. The van der Waals surface area contributed by atoms with Crippen molar-refractivity contribution in [3.8, 4) is 28.8 Å². The Morgan fingerprint density at radius 1 is 1.10 bits per heavy atom. The molecule has 9 heteroatoms. The number of ether oxygens (including phenoxy) is 2.